The number of aliphatic hydroxyl groups is 1. The van der Waals surface area contributed by atoms with Crippen LogP contribution in [-0.4, -0.2) is 36.3 Å². The predicted molar refractivity (Wildman–Crippen MR) is 81.7 cm³/mol. The quantitative estimate of drug-likeness (QED) is 0.535. The molecular formula is C16H17NO6. The van der Waals surface area contributed by atoms with Crippen LogP contribution in [-0.2, 0) is 4.74 Å². The molecule has 0 spiro atoms. The molecule has 0 aliphatic carbocycles. The lowest BCUT2D eigenvalue weighted by Gasteiger charge is -2.09. The molecule has 0 aromatic heterocycles. The molecule has 0 radical (unpaired) electrons. The van der Waals surface area contributed by atoms with Gasteiger partial charge in [-0.2, -0.15) is 0 Å². The van der Waals surface area contributed by atoms with Crippen molar-refractivity contribution >= 4 is 6.09 Å². The summed E-state index contributed by atoms with van der Waals surface area (Å²) in [6.45, 7) is -0.212. The van der Waals surface area contributed by atoms with E-state index >= 15 is 0 Å². The van der Waals surface area contributed by atoms with Crippen LogP contribution in [0.25, 0.3) is 0 Å². The summed E-state index contributed by atoms with van der Waals surface area (Å²) in [4.78, 5) is 10.9. The van der Waals surface area contributed by atoms with Gasteiger partial charge in [0.2, 0.25) is 0 Å². The van der Waals surface area contributed by atoms with E-state index in [0.717, 1.165) is 0 Å². The highest BCUT2D eigenvalue weighted by Gasteiger charge is 2.01. The number of aromatic hydroxyl groups is 1. The highest BCUT2D eigenvalue weighted by Crippen LogP contribution is 2.25. The van der Waals surface area contributed by atoms with Gasteiger partial charge in [-0.15, -0.1) is 0 Å². The van der Waals surface area contributed by atoms with Crippen LogP contribution in [0.5, 0.6) is 23.0 Å². The smallest absolute Gasteiger partial charge is 0.409 e. The Hall–Kier alpha value is -2.93. The molecule has 1 amide bonds. The number of hydrogen-bond acceptors (Lipinski definition) is 6. The zero-order chi connectivity index (χ0) is 16.5. The van der Waals surface area contributed by atoms with Crippen LogP contribution in [0.15, 0.2) is 48.5 Å². The lowest BCUT2D eigenvalue weighted by Crippen LogP contribution is -2.26. The Morgan fingerprint density at radius 2 is 1.48 bits per heavy atom. The Morgan fingerprint density at radius 3 is 2.09 bits per heavy atom. The average molecular weight is 319 g/mol. The summed E-state index contributed by atoms with van der Waals surface area (Å²) in [6.07, 6.45) is -0.700. The van der Waals surface area contributed by atoms with Gasteiger partial charge in [-0.1, -0.05) is 0 Å². The van der Waals surface area contributed by atoms with Gasteiger partial charge in [-0.05, 0) is 48.5 Å². The molecule has 0 aliphatic rings. The number of alkyl carbamates (subject to hydrolysis) is 1. The fourth-order valence-corrected chi connectivity index (χ4v) is 1.66. The normalized spacial score (nSPS) is 9.96. The minimum Gasteiger partial charge on any atom is -0.508 e. The molecule has 0 fully saturated rings. The number of amides is 1. The SMILES string of the molecule is O=C(NCO)OCCOc1ccc(Oc2ccc(O)cc2)cc1. The number of benzene rings is 2. The molecule has 0 aliphatic heterocycles. The van der Waals surface area contributed by atoms with E-state index < -0.39 is 12.8 Å². The van der Waals surface area contributed by atoms with Crippen molar-refractivity contribution in [3.8, 4) is 23.0 Å². The van der Waals surface area contributed by atoms with Crippen molar-refractivity contribution in [2.75, 3.05) is 19.9 Å². The van der Waals surface area contributed by atoms with E-state index in [4.69, 9.17) is 19.3 Å². The van der Waals surface area contributed by atoms with Gasteiger partial charge in [0.15, 0.2) is 0 Å². The zero-order valence-electron chi connectivity index (χ0n) is 12.3. The van der Waals surface area contributed by atoms with Gasteiger partial charge in [-0.25, -0.2) is 4.79 Å². The van der Waals surface area contributed by atoms with Crippen molar-refractivity contribution in [2.45, 2.75) is 0 Å². The molecule has 7 heteroatoms. The summed E-state index contributed by atoms with van der Waals surface area (Å²) in [5, 5.41) is 19.7. The van der Waals surface area contributed by atoms with Crippen molar-refractivity contribution in [2.24, 2.45) is 0 Å². The fourth-order valence-electron chi connectivity index (χ4n) is 1.66. The first-order valence-electron chi connectivity index (χ1n) is 6.88. The number of hydrogen-bond donors (Lipinski definition) is 3. The molecule has 2 rings (SSSR count). The maximum atomic E-state index is 10.9. The van der Waals surface area contributed by atoms with Gasteiger partial charge in [-0.3, -0.25) is 5.32 Å². The third kappa shape index (κ3) is 5.76. The van der Waals surface area contributed by atoms with Gasteiger partial charge in [0.05, 0.1) is 0 Å². The number of nitrogens with one attached hydrogen (secondary N) is 1. The van der Waals surface area contributed by atoms with E-state index in [1.165, 1.54) is 0 Å². The largest absolute Gasteiger partial charge is 0.508 e. The first kappa shape index (κ1) is 16.4. The van der Waals surface area contributed by atoms with Gasteiger partial charge < -0.3 is 24.4 Å². The Morgan fingerprint density at radius 1 is 0.913 bits per heavy atom. The molecule has 0 heterocycles. The van der Waals surface area contributed by atoms with Crippen LogP contribution in [0, 0.1) is 0 Å². The minimum absolute atomic E-state index is 0.0671. The summed E-state index contributed by atoms with van der Waals surface area (Å²) in [5.74, 6) is 2.02. The third-order valence-corrected chi connectivity index (χ3v) is 2.70. The molecule has 0 bridgehead atoms. The molecule has 0 saturated carbocycles. The van der Waals surface area contributed by atoms with Crippen molar-refractivity contribution < 1.29 is 29.2 Å². The van der Waals surface area contributed by atoms with Crippen molar-refractivity contribution in [1.29, 1.82) is 0 Å². The number of aliphatic hydroxyl groups excluding tert-OH is 1. The number of rotatable bonds is 7. The molecule has 7 nitrogen and oxygen atoms in total. The van der Waals surface area contributed by atoms with Gasteiger partial charge in [0, 0.05) is 0 Å². The van der Waals surface area contributed by atoms with E-state index in [-0.39, 0.29) is 19.0 Å². The van der Waals surface area contributed by atoms with Crippen molar-refractivity contribution in [3.05, 3.63) is 48.5 Å². The number of carbonyl (C=O) groups is 1. The Labute approximate surface area is 133 Å². The van der Waals surface area contributed by atoms with E-state index in [0.29, 0.717) is 17.2 Å². The highest BCUT2D eigenvalue weighted by molar-refractivity contribution is 5.66. The topological polar surface area (TPSA) is 97.3 Å². The Kier molecular flexibility index (Phi) is 6.07. The van der Waals surface area contributed by atoms with Crippen molar-refractivity contribution in [1.82, 2.24) is 5.32 Å². The minimum atomic E-state index is -0.700. The standard InChI is InChI=1S/C16H17NO6/c18-11-17-16(20)22-10-9-21-13-5-7-15(8-6-13)23-14-3-1-12(19)2-4-14/h1-8,18-19H,9-11H2,(H,17,20). The summed E-state index contributed by atoms with van der Waals surface area (Å²) in [7, 11) is 0. The van der Waals surface area contributed by atoms with Crippen LogP contribution in [0.2, 0.25) is 0 Å². The van der Waals surface area contributed by atoms with Crippen LogP contribution >= 0.6 is 0 Å². The summed E-state index contributed by atoms with van der Waals surface area (Å²) in [5.41, 5.74) is 0. The first-order chi connectivity index (χ1) is 11.2. The van der Waals surface area contributed by atoms with E-state index in [1.807, 2.05) is 0 Å². The fraction of sp³-hybridized carbons (Fsp3) is 0.188. The van der Waals surface area contributed by atoms with E-state index in [9.17, 15) is 9.90 Å². The predicted octanol–water partition coefficient (Wildman–Crippen LogP) is 2.24. The maximum Gasteiger partial charge on any atom is 0.409 e. The highest BCUT2D eigenvalue weighted by atomic mass is 16.6. The van der Waals surface area contributed by atoms with Gasteiger partial charge in [0.25, 0.3) is 0 Å². The lowest BCUT2D eigenvalue weighted by molar-refractivity contribution is 0.115. The van der Waals surface area contributed by atoms with Gasteiger partial charge >= 0.3 is 6.09 Å². The average Bonchev–Trinajstić information content (AvgIpc) is 2.55. The Bertz CT molecular complexity index is 611. The second-order valence-corrected chi connectivity index (χ2v) is 4.39. The molecular weight excluding hydrogens is 302 g/mol. The molecule has 2 aromatic carbocycles. The number of ether oxygens (including phenoxy) is 3. The maximum absolute atomic E-state index is 10.9. The third-order valence-electron chi connectivity index (χ3n) is 2.70. The number of phenols is 1. The van der Waals surface area contributed by atoms with Crippen molar-refractivity contribution in [3.63, 3.8) is 0 Å². The molecule has 2 aromatic rings. The van der Waals surface area contributed by atoms with Crippen LogP contribution < -0.4 is 14.8 Å². The molecule has 3 N–H and O–H groups in total. The number of phenolic OH excluding ortho intramolecular Hbond substituents is 1. The Balaban J connectivity index is 1.76. The summed E-state index contributed by atoms with van der Waals surface area (Å²) >= 11 is 0. The monoisotopic (exact) mass is 319 g/mol. The van der Waals surface area contributed by atoms with E-state index in [2.05, 4.69) is 5.32 Å². The van der Waals surface area contributed by atoms with Gasteiger partial charge in [0.1, 0.15) is 42.9 Å². The van der Waals surface area contributed by atoms with E-state index in [1.54, 1.807) is 48.5 Å². The number of carbonyl (C=O) groups excluding carboxylic acids is 1. The molecule has 0 saturated heterocycles. The second kappa shape index (κ2) is 8.50. The first-order valence-corrected chi connectivity index (χ1v) is 6.88. The molecule has 0 unspecified atom stereocenters. The summed E-state index contributed by atoms with van der Waals surface area (Å²) in [6, 6.07) is 13.3. The summed E-state index contributed by atoms with van der Waals surface area (Å²) < 4.78 is 15.7. The van der Waals surface area contributed by atoms with Crippen LogP contribution in [0.1, 0.15) is 0 Å². The van der Waals surface area contributed by atoms with Crippen LogP contribution in [0.3, 0.4) is 0 Å². The molecule has 23 heavy (non-hydrogen) atoms. The molecule has 122 valence electrons. The zero-order valence-corrected chi connectivity index (χ0v) is 12.3. The lowest BCUT2D eigenvalue weighted by atomic mass is 10.3. The molecule has 0 atom stereocenters. The second-order valence-electron chi connectivity index (χ2n) is 4.39. The van der Waals surface area contributed by atoms with Crippen LogP contribution in [0.4, 0.5) is 4.79 Å².